The van der Waals surface area contributed by atoms with Crippen molar-refractivity contribution in [2.75, 3.05) is 13.2 Å². The Morgan fingerprint density at radius 2 is 2.11 bits per heavy atom. The van der Waals surface area contributed by atoms with Gasteiger partial charge in [-0.2, -0.15) is 0 Å². The van der Waals surface area contributed by atoms with E-state index >= 15 is 0 Å². The Balaban J connectivity index is 2.10. The van der Waals surface area contributed by atoms with Gasteiger partial charge >= 0.3 is 5.97 Å². The van der Waals surface area contributed by atoms with Crippen molar-refractivity contribution in [3.8, 4) is 5.75 Å². The fourth-order valence-electron chi connectivity index (χ4n) is 1.54. The minimum atomic E-state index is -0.485. The number of ether oxygens (including phenoxy) is 2. The third-order valence-electron chi connectivity index (χ3n) is 2.49. The maximum Gasteiger partial charge on any atom is 0.305 e. The summed E-state index contributed by atoms with van der Waals surface area (Å²) in [5.74, 6) is -0.183. The molecule has 0 bridgehead atoms. The molecule has 0 amide bonds. The molecule has 19 heavy (non-hydrogen) atoms. The second-order valence-corrected chi connectivity index (χ2v) is 4.45. The number of esters is 1. The molecule has 1 aromatic carbocycles. The van der Waals surface area contributed by atoms with Crippen LogP contribution >= 0.6 is 11.6 Å². The summed E-state index contributed by atoms with van der Waals surface area (Å²) in [6, 6.07) is 4.36. The van der Waals surface area contributed by atoms with Crippen molar-refractivity contribution in [3.63, 3.8) is 0 Å². The number of halogens is 2. The predicted octanol–water partition coefficient (Wildman–Crippen LogP) is 3.98. The van der Waals surface area contributed by atoms with Crippen molar-refractivity contribution < 1.29 is 18.7 Å². The van der Waals surface area contributed by atoms with E-state index in [2.05, 4.69) is 0 Å². The van der Waals surface area contributed by atoms with Gasteiger partial charge in [-0.1, -0.05) is 11.6 Å². The molecule has 0 aliphatic rings. The van der Waals surface area contributed by atoms with Crippen molar-refractivity contribution >= 4 is 17.6 Å². The Bertz CT molecular complexity index is 410. The van der Waals surface area contributed by atoms with Crippen LogP contribution < -0.4 is 4.74 Å². The zero-order valence-electron chi connectivity index (χ0n) is 11.0. The summed E-state index contributed by atoms with van der Waals surface area (Å²) in [4.78, 5) is 11.1. The average molecular weight is 289 g/mol. The second kappa shape index (κ2) is 8.75. The van der Waals surface area contributed by atoms with E-state index in [4.69, 9.17) is 21.1 Å². The first-order chi connectivity index (χ1) is 9.13. The van der Waals surface area contributed by atoms with Gasteiger partial charge in [-0.05, 0) is 38.3 Å². The molecule has 0 radical (unpaired) electrons. The molecule has 0 aromatic heterocycles. The Labute approximate surface area is 117 Å². The van der Waals surface area contributed by atoms with Crippen LogP contribution in [0.5, 0.6) is 5.75 Å². The molecule has 3 nitrogen and oxygen atoms in total. The maximum absolute atomic E-state index is 13.1. The number of hydrogen-bond donors (Lipinski definition) is 0. The topological polar surface area (TPSA) is 35.5 Å². The second-order valence-electron chi connectivity index (χ2n) is 4.04. The van der Waals surface area contributed by atoms with E-state index in [1.165, 1.54) is 12.1 Å². The number of rotatable bonds is 8. The van der Waals surface area contributed by atoms with Gasteiger partial charge in [0.15, 0.2) is 0 Å². The van der Waals surface area contributed by atoms with E-state index in [0.29, 0.717) is 25.4 Å². The van der Waals surface area contributed by atoms with Crippen LogP contribution in [-0.2, 0) is 9.53 Å². The summed E-state index contributed by atoms with van der Waals surface area (Å²) in [5.41, 5.74) is 0. The van der Waals surface area contributed by atoms with E-state index in [1.807, 2.05) is 0 Å². The Kier molecular flexibility index (Phi) is 7.26. The van der Waals surface area contributed by atoms with Crippen molar-refractivity contribution in [1.29, 1.82) is 0 Å². The molecule has 5 heteroatoms. The minimum absolute atomic E-state index is 0.0850. The molecule has 0 heterocycles. The van der Waals surface area contributed by atoms with Crippen LogP contribution in [0.4, 0.5) is 4.39 Å². The van der Waals surface area contributed by atoms with E-state index in [9.17, 15) is 9.18 Å². The molecule has 1 rings (SSSR count). The summed E-state index contributed by atoms with van der Waals surface area (Å²) >= 11 is 5.56. The van der Waals surface area contributed by atoms with E-state index in [0.717, 1.165) is 19.3 Å². The largest absolute Gasteiger partial charge is 0.493 e. The van der Waals surface area contributed by atoms with Gasteiger partial charge in [0.1, 0.15) is 11.6 Å². The highest BCUT2D eigenvalue weighted by molar-refractivity contribution is 6.30. The van der Waals surface area contributed by atoms with Crippen molar-refractivity contribution in [1.82, 2.24) is 0 Å². The van der Waals surface area contributed by atoms with Crippen LogP contribution in [0.3, 0.4) is 0 Å². The quantitative estimate of drug-likeness (QED) is 0.536. The smallest absolute Gasteiger partial charge is 0.305 e. The SMILES string of the molecule is CCOC(=O)CCCCCOc1ccc(Cl)c(F)c1. The van der Waals surface area contributed by atoms with Crippen LogP contribution in [0, 0.1) is 5.82 Å². The van der Waals surface area contributed by atoms with Gasteiger partial charge in [0.25, 0.3) is 0 Å². The Morgan fingerprint density at radius 1 is 1.32 bits per heavy atom. The minimum Gasteiger partial charge on any atom is -0.493 e. The molecule has 0 aliphatic heterocycles. The first-order valence-corrected chi connectivity index (χ1v) is 6.74. The van der Waals surface area contributed by atoms with Crippen molar-refractivity contribution in [3.05, 3.63) is 29.0 Å². The standard InChI is InChI=1S/C14H18ClFO3/c1-2-18-14(17)6-4-3-5-9-19-11-7-8-12(15)13(16)10-11/h7-8,10H,2-6,9H2,1H3. The summed E-state index contributed by atoms with van der Waals surface area (Å²) in [7, 11) is 0. The highest BCUT2D eigenvalue weighted by atomic mass is 35.5. The normalized spacial score (nSPS) is 10.3. The van der Waals surface area contributed by atoms with Crippen LogP contribution in [0.25, 0.3) is 0 Å². The molecule has 0 aliphatic carbocycles. The summed E-state index contributed by atoms with van der Waals surface area (Å²) in [5, 5.41) is 0.0850. The summed E-state index contributed by atoms with van der Waals surface area (Å²) in [6.45, 7) is 2.70. The van der Waals surface area contributed by atoms with Crippen molar-refractivity contribution in [2.24, 2.45) is 0 Å². The van der Waals surface area contributed by atoms with Gasteiger partial charge in [0.05, 0.1) is 18.2 Å². The van der Waals surface area contributed by atoms with Gasteiger partial charge in [-0.3, -0.25) is 4.79 Å². The molecule has 0 fully saturated rings. The van der Waals surface area contributed by atoms with Gasteiger partial charge < -0.3 is 9.47 Å². The first kappa shape index (κ1) is 15.8. The number of benzene rings is 1. The third kappa shape index (κ3) is 6.43. The predicted molar refractivity (Wildman–Crippen MR) is 72.0 cm³/mol. The van der Waals surface area contributed by atoms with E-state index < -0.39 is 5.82 Å². The van der Waals surface area contributed by atoms with Crippen LogP contribution in [0.15, 0.2) is 18.2 Å². The lowest BCUT2D eigenvalue weighted by atomic mass is 10.2. The van der Waals surface area contributed by atoms with Gasteiger partial charge in [0.2, 0.25) is 0 Å². The van der Waals surface area contributed by atoms with Gasteiger partial charge in [0, 0.05) is 12.5 Å². The highest BCUT2D eigenvalue weighted by Gasteiger charge is 2.03. The molecule has 0 spiro atoms. The van der Waals surface area contributed by atoms with Crippen molar-refractivity contribution in [2.45, 2.75) is 32.6 Å². The Hall–Kier alpha value is -1.29. The third-order valence-corrected chi connectivity index (χ3v) is 2.80. The zero-order chi connectivity index (χ0) is 14.1. The molecule has 0 N–H and O–H groups in total. The fraction of sp³-hybridized carbons (Fsp3) is 0.500. The molecule has 0 saturated heterocycles. The molecule has 0 saturated carbocycles. The first-order valence-electron chi connectivity index (χ1n) is 6.37. The van der Waals surface area contributed by atoms with E-state index in [-0.39, 0.29) is 11.0 Å². The molecule has 0 atom stereocenters. The molecule has 0 unspecified atom stereocenters. The lowest BCUT2D eigenvalue weighted by molar-refractivity contribution is -0.143. The number of unbranched alkanes of at least 4 members (excludes halogenated alkanes) is 2. The number of carbonyl (C=O) groups excluding carboxylic acids is 1. The van der Waals surface area contributed by atoms with E-state index in [1.54, 1.807) is 13.0 Å². The Morgan fingerprint density at radius 3 is 2.79 bits per heavy atom. The lowest BCUT2D eigenvalue weighted by Crippen LogP contribution is -2.04. The fourth-order valence-corrected chi connectivity index (χ4v) is 1.66. The average Bonchev–Trinajstić information content (AvgIpc) is 2.38. The number of hydrogen-bond acceptors (Lipinski definition) is 3. The summed E-state index contributed by atoms with van der Waals surface area (Å²) < 4.78 is 23.3. The monoisotopic (exact) mass is 288 g/mol. The molecular weight excluding hydrogens is 271 g/mol. The molecule has 1 aromatic rings. The summed E-state index contributed by atoms with van der Waals surface area (Å²) in [6.07, 6.45) is 2.89. The van der Waals surface area contributed by atoms with Gasteiger partial charge in [-0.25, -0.2) is 4.39 Å². The molecular formula is C14H18ClFO3. The zero-order valence-corrected chi connectivity index (χ0v) is 11.7. The number of carbonyl (C=O) groups is 1. The van der Waals surface area contributed by atoms with Crippen LogP contribution in [-0.4, -0.2) is 19.2 Å². The highest BCUT2D eigenvalue weighted by Crippen LogP contribution is 2.20. The van der Waals surface area contributed by atoms with Gasteiger partial charge in [-0.15, -0.1) is 0 Å². The van der Waals surface area contributed by atoms with Crippen LogP contribution in [0.2, 0.25) is 5.02 Å². The maximum atomic E-state index is 13.1. The van der Waals surface area contributed by atoms with Crippen LogP contribution in [0.1, 0.15) is 32.6 Å². The lowest BCUT2D eigenvalue weighted by Gasteiger charge is -2.06. The molecule has 106 valence electrons.